The number of aryl methyl sites for hydroxylation is 1. The van der Waals surface area contributed by atoms with E-state index in [-0.39, 0.29) is 5.56 Å². The summed E-state index contributed by atoms with van der Waals surface area (Å²) in [6.07, 6.45) is 0.669. The number of hydrogen-bond acceptors (Lipinski definition) is 3. The van der Waals surface area contributed by atoms with E-state index in [2.05, 4.69) is 21.2 Å². The molecular formula is C17H16BrCl2NO3. The Balaban J connectivity index is 1.91. The van der Waals surface area contributed by atoms with Crippen LogP contribution in [0.15, 0.2) is 34.8 Å². The highest BCUT2D eigenvalue weighted by molar-refractivity contribution is 9.10. The van der Waals surface area contributed by atoms with Crippen LogP contribution in [0.25, 0.3) is 0 Å². The second kappa shape index (κ2) is 8.60. The van der Waals surface area contributed by atoms with Crippen LogP contribution in [0.2, 0.25) is 10.0 Å². The number of carbonyl (C=O) groups is 1. The number of ether oxygens (including phenoxy) is 1. The van der Waals surface area contributed by atoms with E-state index < -0.39 is 5.97 Å². The fourth-order valence-electron chi connectivity index (χ4n) is 2.15. The lowest BCUT2D eigenvalue weighted by Gasteiger charge is -2.13. The number of rotatable bonds is 7. The number of halogens is 3. The third kappa shape index (κ3) is 5.03. The van der Waals surface area contributed by atoms with E-state index in [9.17, 15) is 9.90 Å². The Bertz CT molecular complexity index is 753. The number of carboxylic acid groups (broad SMARTS) is 1. The van der Waals surface area contributed by atoms with Crippen molar-refractivity contribution in [2.45, 2.75) is 13.3 Å². The van der Waals surface area contributed by atoms with Gasteiger partial charge in [0.15, 0.2) is 0 Å². The molecular weight excluding hydrogens is 417 g/mol. The minimum Gasteiger partial charge on any atom is -0.492 e. The molecule has 7 heteroatoms. The minimum absolute atomic E-state index is 0.237. The molecule has 128 valence electrons. The molecule has 0 saturated carbocycles. The van der Waals surface area contributed by atoms with Gasteiger partial charge in [0.1, 0.15) is 5.75 Å². The zero-order valence-corrected chi connectivity index (χ0v) is 16.0. The molecule has 0 aliphatic heterocycles. The summed E-state index contributed by atoms with van der Waals surface area (Å²) in [5.41, 5.74) is 1.68. The first-order valence-electron chi connectivity index (χ1n) is 7.23. The van der Waals surface area contributed by atoms with Crippen molar-refractivity contribution in [2.24, 2.45) is 0 Å². The van der Waals surface area contributed by atoms with Gasteiger partial charge >= 0.3 is 5.97 Å². The average Bonchev–Trinajstić information content (AvgIpc) is 2.51. The summed E-state index contributed by atoms with van der Waals surface area (Å²) in [7, 11) is 0. The van der Waals surface area contributed by atoms with E-state index >= 15 is 0 Å². The molecule has 4 nitrogen and oxygen atoms in total. The molecule has 2 aromatic rings. The quantitative estimate of drug-likeness (QED) is 0.555. The topological polar surface area (TPSA) is 58.6 Å². The maximum Gasteiger partial charge on any atom is 0.337 e. The first-order chi connectivity index (χ1) is 11.4. The predicted molar refractivity (Wildman–Crippen MR) is 101 cm³/mol. The molecule has 2 aromatic carbocycles. The van der Waals surface area contributed by atoms with Crippen molar-refractivity contribution < 1.29 is 14.6 Å². The van der Waals surface area contributed by atoms with Crippen molar-refractivity contribution in [1.29, 1.82) is 0 Å². The fraction of sp³-hybridized carbons (Fsp3) is 0.235. The summed E-state index contributed by atoms with van der Waals surface area (Å²) in [5.74, 6) is -0.434. The molecule has 2 rings (SSSR count). The summed E-state index contributed by atoms with van der Waals surface area (Å²) in [5, 5.41) is 13.5. The van der Waals surface area contributed by atoms with Crippen LogP contribution < -0.4 is 10.1 Å². The number of carboxylic acids is 1. The Morgan fingerprint density at radius 2 is 2.04 bits per heavy atom. The second-order valence-electron chi connectivity index (χ2n) is 5.18. The first kappa shape index (κ1) is 18.9. The van der Waals surface area contributed by atoms with Gasteiger partial charge in [-0.25, -0.2) is 4.79 Å². The normalized spacial score (nSPS) is 10.5. The zero-order valence-electron chi connectivity index (χ0n) is 12.9. The molecule has 0 spiro atoms. The maximum atomic E-state index is 11.4. The molecule has 0 aliphatic rings. The van der Waals surface area contributed by atoms with Gasteiger partial charge in [0.25, 0.3) is 0 Å². The molecule has 0 saturated heterocycles. The van der Waals surface area contributed by atoms with Gasteiger partial charge in [-0.15, -0.1) is 0 Å². The van der Waals surface area contributed by atoms with E-state index in [1.165, 1.54) is 0 Å². The Hall–Kier alpha value is -1.43. The molecule has 0 aromatic heterocycles. The SMILES string of the molecule is Cc1cc(Br)c(NCCCOc2cc(Cl)ccc2Cl)c(C(=O)O)c1. The zero-order chi connectivity index (χ0) is 17.7. The third-order valence-corrected chi connectivity index (χ3v) is 4.41. The van der Waals surface area contributed by atoms with E-state index in [1.807, 2.05) is 13.0 Å². The number of nitrogens with one attached hydrogen (secondary N) is 1. The fourth-order valence-corrected chi connectivity index (χ4v) is 3.20. The van der Waals surface area contributed by atoms with Crippen LogP contribution in [0.5, 0.6) is 5.75 Å². The van der Waals surface area contributed by atoms with Crippen molar-refractivity contribution in [3.8, 4) is 5.75 Å². The molecule has 0 bridgehead atoms. The highest BCUT2D eigenvalue weighted by Gasteiger charge is 2.13. The Morgan fingerprint density at radius 3 is 2.75 bits per heavy atom. The van der Waals surface area contributed by atoms with Crippen LogP contribution in [-0.4, -0.2) is 24.2 Å². The predicted octanol–water partition coefficient (Wildman–Crippen LogP) is 5.64. The summed E-state index contributed by atoms with van der Waals surface area (Å²) >= 11 is 15.3. The molecule has 0 atom stereocenters. The van der Waals surface area contributed by atoms with Gasteiger partial charge in [-0.1, -0.05) is 23.2 Å². The van der Waals surface area contributed by atoms with Crippen LogP contribution in [-0.2, 0) is 0 Å². The molecule has 0 amide bonds. The van der Waals surface area contributed by atoms with Crippen LogP contribution >= 0.6 is 39.1 Å². The van der Waals surface area contributed by atoms with Crippen molar-refractivity contribution in [3.05, 3.63) is 56.0 Å². The van der Waals surface area contributed by atoms with E-state index in [0.717, 1.165) is 10.0 Å². The Labute approximate surface area is 158 Å². The summed E-state index contributed by atoms with van der Waals surface area (Å²) in [4.78, 5) is 11.4. The van der Waals surface area contributed by atoms with Crippen molar-refractivity contribution >= 4 is 50.8 Å². The Kier molecular flexibility index (Phi) is 6.78. The Morgan fingerprint density at radius 1 is 1.29 bits per heavy atom. The molecule has 0 unspecified atom stereocenters. The summed E-state index contributed by atoms with van der Waals surface area (Å²) in [6, 6.07) is 8.55. The van der Waals surface area contributed by atoms with Gasteiger partial charge in [0, 0.05) is 22.1 Å². The van der Waals surface area contributed by atoms with E-state index in [4.69, 9.17) is 27.9 Å². The van der Waals surface area contributed by atoms with Crippen LogP contribution in [0.4, 0.5) is 5.69 Å². The molecule has 24 heavy (non-hydrogen) atoms. The largest absolute Gasteiger partial charge is 0.492 e. The number of benzene rings is 2. The molecule has 0 heterocycles. The highest BCUT2D eigenvalue weighted by atomic mass is 79.9. The van der Waals surface area contributed by atoms with Crippen LogP contribution in [0.3, 0.4) is 0 Å². The monoisotopic (exact) mass is 431 g/mol. The minimum atomic E-state index is -0.969. The first-order valence-corrected chi connectivity index (χ1v) is 8.78. The lowest BCUT2D eigenvalue weighted by Crippen LogP contribution is -2.11. The number of hydrogen-bond donors (Lipinski definition) is 2. The van der Waals surface area contributed by atoms with Gasteiger partial charge in [-0.3, -0.25) is 0 Å². The van der Waals surface area contributed by atoms with Crippen LogP contribution in [0.1, 0.15) is 22.3 Å². The lowest BCUT2D eigenvalue weighted by molar-refractivity contribution is 0.0697. The summed E-state index contributed by atoms with van der Waals surface area (Å²) in [6.45, 7) is 2.84. The van der Waals surface area contributed by atoms with Gasteiger partial charge in [0.05, 0.1) is 22.9 Å². The molecule has 0 radical (unpaired) electrons. The number of aromatic carboxylic acids is 1. The maximum absolute atomic E-state index is 11.4. The summed E-state index contributed by atoms with van der Waals surface area (Å²) < 4.78 is 6.32. The van der Waals surface area contributed by atoms with E-state index in [1.54, 1.807) is 24.3 Å². The smallest absolute Gasteiger partial charge is 0.337 e. The van der Waals surface area contributed by atoms with Crippen LogP contribution in [0, 0.1) is 6.92 Å². The second-order valence-corrected chi connectivity index (χ2v) is 6.88. The number of anilines is 1. The van der Waals surface area contributed by atoms with Gasteiger partial charge in [0.2, 0.25) is 0 Å². The van der Waals surface area contributed by atoms with Gasteiger partial charge < -0.3 is 15.2 Å². The highest BCUT2D eigenvalue weighted by Crippen LogP contribution is 2.29. The molecule has 0 fully saturated rings. The van der Waals surface area contributed by atoms with E-state index in [0.29, 0.717) is 41.1 Å². The molecule has 0 aliphatic carbocycles. The standard InChI is InChI=1S/C17H16BrCl2NO3/c1-10-7-12(17(22)23)16(13(18)8-10)21-5-2-6-24-15-9-11(19)3-4-14(15)20/h3-4,7-9,21H,2,5-6H2,1H3,(H,22,23). The van der Waals surface area contributed by atoms with Crippen molar-refractivity contribution in [3.63, 3.8) is 0 Å². The van der Waals surface area contributed by atoms with Crippen molar-refractivity contribution in [1.82, 2.24) is 0 Å². The molecule has 2 N–H and O–H groups in total. The van der Waals surface area contributed by atoms with Crippen molar-refractivity contribution in [2.75, 3.05) is 18.5 Å². The third-order valence-electron chi connectivity index (χ3n) is 3.24. The average molecular weight is 433 g/mol. The van der Waals surface area contributed by atoms with Gasteiger partial charge in [-0.05, 0) is 59.1 Å². The van der Waals surface area contributed by atoms with Gasteiger partial charge in [-0.2, -0.15) is 0 Å². The lowest BCUT2D eigenvalue weighted by atomic mass is 10.1.